The Morgan fingerprint density at radius 1 is 0.516 bits per heavy atom. The fourth-order valence-corrected chi connectivity index (χ4v) is 4.60. The second-order valence-electron chi connectivity index (χ2n) is 10.3. The molecule has 1 aromatic carbocycles. The highest BCUT2D eigenvalue weighted by Gasteiger charge is 2.14. The van der Waals surface area contributed by atoms with E-state index >= 15 is 0 Å². The molecule has 0 heterocycles. The fourth-order valence-electron chi connectivity index (χ4n) is 4.60. The van der Waals surface area contributed by atoms with Crippen molar-refractivity contribution < 1.29 is 28.5 Å². The zero-order chi connectivity index (χ0) is 21.8. The molecule has 0 aliphatic heterocycles. The van der Waals surface area contributed by atoms with Crippen molar-refractivity contribution in [2.45, 2.75) is 129 Å². The number of rotatable bonds is 21. The van der Waals surface area contributed by atoms with E-state index in [0.29, 0.717) is 0 Å². The van der Waals surface area contributed by atoms with Gasteiger partial charge in [-0.05, 0) is 12.8 Å². The van der Waals surface area contributed by atoms with Gasteiger partial charge in [0.2, 0.25) is 0 Å². The molecular weight excluding hydrogens is 489 g/mol. The highest BCUT2D eigenvalue weighted by Crippen LogP contribution is 2.15. The first-order valence-corrected chi connectivity index (χ1v) is 13.5. The van der Waals surface area contributed by atoms with E-state index < -0.39 is 0 Å². The minimum Gasteiger partial charge on any atom is -1.00 e. The van der Waals surface area contributed by atoms with Crippen LogP contribution < -0.4 is 24.0 Å². The Kier molecular flexibility index (Phi) is 21.7. The highest BCUT2D eigenvalue weighted by atomic mass is 127. The Morgan fingerprint density at radius 3 is 1.26 bits per heavy atom. The smallest absolute Gasteiger partial charge is 0.104 e. The molecule has 1 nitrogen and oxygen atoms in total. The van der Waals surface area contributed by atoms with Gasteiger partial charge >= 0.3 is 0 Å². The molecule has 0 fully saturated rings. The van der Waals surface area contributed by atoms with E-state index in [4.69, 9.17) is 0 Å². The van der Waals surface area contributed by atoms with E-state index in [2.05, 4.69) is 51.4 Å². The molecule has 0 bridgehead atoms. The van der Waals surface area contributed by atoms with Crippen LogP contribution in [-0.4, -0.2) is 25.1 Å². The lowest BCUT2D eigenvalue weighted by Crippen LogP contribution is -3.00. The van der Waals surface area contributed by atoms with Gasteiger partial charge in [0.15, 0.2) is 0 Å². The van der Waals surface area contributed by atoms with Gasteiger partial charge < -0.3 is 28.5 Å². The molecular formula is C29H54IN. The van der Waals surface area contributed by atoms with Crippen LogP contribution in [0.5, 0.6) is 0 Å². The van der Waals surface area contributed by atoms with Crippen LogP contribution in [0, 0.1) is 0 Å². The minimum absolute atomic E-state index is 0. The molecule has 31 heavy (non-hydrogen) atoms. The molecule has 0 spiro atoms. The van der Waals surface area contributed by atoms with Crippen LogP contribution in [0.15, 0.2) is 30.3 Å². The second-order valence-corrected chi connectivity index (χ2v) is 10.3. The Morgan fingerprint density at radius 2 is 0.871 bits per heavy atom. The van der Waals surface area contributed by atoms with Gasteiger partial charge in [-0.15, -0.1) is 0 Å². The largest absolute Gasteiger partial charge is 1.00 e. The lowest BCUT2D eigenvalue weighted by molar-refractivity contribution is -0.903. The number of unbranched alkanes of at least 4 members (excludes halogenated alkanes) is 17. The van der Waals surface area contributed by atoms with Gasteiger partial charge in [-0.25, -0.2) is 0 Å². The molecule has 0 aliphatic carbocycles. The van der Waals surface area contributed by atoms with Gasteiger partial charge in [0.25, 0.3) is 0 Å². The molecule has 0 aliphatic rings. The number of quaternary nitrogens is 1. The molecule has 182 valence electrons. The van der Waals surface area contributed by atoms with Gasteiger partial charge in [0.1, 0.15) is 6.54 Å². The normalized spacial score (nSPS) is 11.5. The SMILES string of the molecule is CCCCCCCCCCCCCCCCCCCC[N+](C)(C)Cc1ccccc1.[I-]. The number of benzene rings is 1. The average molecular weight is 544 g/mol. The first-order valence-electron chi connectivity index (χ1n) is 13.5. The summed E-state index contributed by atoms with van der Waals surface area (Å²) in [6, 6.07) is 10.9. The topological polar surface area (TPSA) is 0 Å². The van der Waals surface area contributed by atoms with Crippen LogP contribution in [0.25, 0.3) is 0 Å². The number of hydrogen-bond acceptors (Lipinski definition) is 0. The van der Waals surface area contributed by atoms with Crippen LogP contribution in [0.3, 0.4) is 0 Å². The predicted molar refractivity (Wildman–Crippen MR) is 136 cm³/mol. The zero-order valence-corrected chi connectivity index (χ0v) is 23.5. The van der Waals surface area contributed by atoms with E-state index in [1.807, 2.05) is 0 Å². The van der Waals surface area contributed by atoms with E-state index in [1.54, 1.807) is 0 Å². The fraction of sp³-hybridized carbons (Fsp3) is 0.793. The van der Waals surface area contributed by atoms with Crippen molar-refractivity contribution in [1.29, 1.82) is 0 Å². The maximum absolute atomic E-state index is 2.38. The Hall–Kier alpha value is -0.0900. The van der Waals surface area contributed by atoms with Crippen LogP contribution >= 0.6 is 0 Å². The Balaban J connectivity index is 0.00000900. The third-order valence-electron chi connectivity index (χ3n) is 6.57. The van der Waals surface area contributed by atoms with E-state index in [-0.39, 0.29) is 24.0 Å². The van der Waals surface area contributed by atoms with Crippen LogP contribution in [0.1, 0.15) is 128 Å². The minimum atomic E-state index is 0. The molecule has 0 radical (unpaired) electrons. The first-order chi connectivity index (χ1) is 14.6. The maximum Gasteiger partial charge on any atom is 0.104 e. The van der Waals surface area contributed by atoms with Gasteiger partial charge in [-0.3, -0.25) is 0 Å². The summed E-state index contributed by atoms with van der Waals surface area (Å²) in [5, 5.41) is 0. The third-order valence-corrected chi connectivity index (χ3v) is 6.57. The van der Waals surface area contributed by atoms with Gasteiger partial charge in [0, 0.05) is 5.56 Å². The van der Waals surface area contributed by atoms with Gasteiger partial charge in [-0.1, -0.05) is 140 Å². The molecule has 0 saturated heterocycles. The molecule has 0 unspecified atom stereocenters. The number of halogens is 1. The molecule has 0 aromatic heterocycles. The summed E-state index contributed by atoms with van der Waals surface area (Å²) in [5.74, 6) is 0. The first kappa shape index (κ1) is 30.9. The van der Waals surface area contributed by atoms with Crippen molar-refractivity contribution >= 4 is 0 Å². The van der Waals surface area contributed by atoms with Crippen molar-refractivity contribution in [1.82, 2.24) is 0 Å². The van der Waals surface area contributed by atoms with E-state index in [1.165, 1.54) is 128 Å². The summed E-state index contributed by atoms with van der Waals surface area (Å²) in [4.78, 5) is 0. The van der Waals surface area contributed by atoms with Crippen molar-refractivity contribution in [3.05, 3.63) is 35.9 Å². The molecule has 2 heteroatoms. The van der Waals surface area contributed by atoms with Crippen molar-refractivity contribution in [3.63, 3.8) is 0 Å². The number of hydrogen-bond donors (Lipinski definition) is 0. The van der Waals surface area contributed by atoms with E-state index in [0.717, 1.165) is 11.0 Å². The number of nitrogens with zero attached hydrogens (tertiary/aromatic N) is 1. The third kappa shape index (κ3) is 20.3. The zero-order valence-electron chi connectivity index (χ0n) is 21.4. The summed E-state index contributed by atoms with van der Waals surface area (Å²) >= 11 is 0. The van der Waals surface area contributed by atoms with Crippen LogP contribution in [0.4, 0.5) is 0 Å². The van der Waals surface area contributed by atoms with Gasteiger partial charge in [0.05, 0.1) is 20.6 Å². The molecule has 0 atom stereocenters. The standard InChI is InChI=1S/C29H54N.HI/c1-4-5-6-7-8-9-10-11-12-13-14-15-16-17-18-19-20-24-27-30(2,3)28-29-25-22-21-23-26-29;/h21-23,25-26H,4-20,24,27-28H2,1-3H3;1H/q+1;/p-1. The summed E-state index contributed by atoms with van der Waals surface area (Å²) in [6.07, 6.45) is 26.1. The second kappa shape index (κ2) is 21.7. The Bertz CT molecular complexity index is 471. The quantitative estimate of drug-likeness (QED) is 0.0969. The molecule has 0 N–H and O–H groups in total. The predicted octanol–water partition coefficient (Wildman–Crippen LogP) is 6.31. The molecule has 1 rings (SSSR count). The summed E-state index contributed by atoms with van der Waals surface area (Å²) in [7, 11) is 4.75. The summed E-state index contributed by atoms with van der Waals surface area (Å²) in [6.45, 7) is 4.75. The van der Waals surface area contributed by atoms with Gasteiger partial charge in [-0.2, -0.15) is 0 Å². The monoisotopic (exact) mass is 543 g/mol. The lowest BCUT2D eigenvalue weighted by atomic mass is 10.0. The highest BCUT2D eigenvalue weighted by molar-refractivity contribution is 5.13. The molecule has 1 aromatic rings. The molecule has 0 saturated carbocycles. The van der Waals surface area contributed by atoms with Crippen molar-refractivity contribution in [3.8, 4) is 0 Å². The average Bonchev–Trinajstić information content (AvgIpc) is 2.73. The van der Waals surface area contributed by atoms with Crippen molar-refractivity contribution in [2.75, 3.05) is 20.6 Å². The van der Waals surface area contributed by atoms with Crippen molar-refractivity contribution in [2.24, 2.45) is 0 Å². The summed E-state index contributed by atoms with van der Waals surface area (Å²) in [5.41, 5.74) is 1.46. The summed E-state index contributed by atoms with van der Waals surface area (Å²) < 4.78 is 1.11. The molecule has 0 amide bonds. The van der Waals surface area contributed by atoms with E-state index in [9.17, 15) is 0 Å². The Labute approximate surface area is 213 Å². The maximum atomic E-state index is 2.38. The van der Waals surface area contributed by atoms with Crippen LogP contribution in [0.2, 0.25) is 0 Å². The van der Waals surface area contributed by atoms with Crippen LogP contribution in [-0.2, 0) is 6.54 Å². The lowest BCUT2D eigenvalue weighted by Gasteiger charge is -2.30.